The summed E-state index contributed by atoms with van der Waals surface area (Å²) in [5.74, 6) is -0.266. The third-order valence-corrected chi connectivity index (χ3v) is 2.75. The minimum absolute atomic E-state index is 0.135. The molecule has 102 valence electrons. The number of amides is 1. The topological polar surface area (TPSA) is 94.7 Å². The summed E-state index contributed by atoms with van der Waals surface area (Å²) in [5, 5.41) is 14.6. The summed E-state index contributed by atoms with van der Waals surface area (Å²) >= 11 is 0. The number of fused-ring (bicyclic) bond motifs is 1. The number of carbonyl (C=O) groups is 1. The van der Waals surface area contributed by atoms with Crippen molar-refractivity contribution in [1.82, 2.24) is 30.1 Å². The highest BCUT2D eigenvalue weighted by atomic mass is 16.2. The molecule has 0 atom stereocenters. The van der Waals surface area contributed by atoms with E-state index < -0.39 is 0 Å². The van der Waals surface area contributed by atoms with Crippen molar-refractivity contribution in [3.8, 4) is 0 Å². The zero-order valence-electron chi connectivity index (χ0n) is 11.2. The van der Waals surface area contributed by atoms with Crippen molar-refractivity contribution in [2.24, 2.45) is 0 Å². The van der Waals surface area contributed by atoms with Crippen molar-refractivity contribution in [1.29, 1.82) is 0 Å². The number of nitrogens with zero attached hydrogens (tertiary/aromatic N) is 5. The van der Waals surface area contributed by atoms with Gasteiger partial charge in [-0.15, -0.1) is 5.10 Å². The van der Waals surface area contributed by atoms with Gasteiger partial charge < -0.3 is 5.32 Å². The monoisotopic (exact) mass is 264 g/mol. The van der Waals surface area contributed by atoms with Crippen LogP contribution in [0.3, 0.4) is 0 Å². The van der Waals surface area contributed by atoms with Crippen LogP contribution in [0.4, 0.5) is 0 Å². The first-order valence-corrected chi connectivity index (χ1v) is 6.16. The van der Waals surface area contributed by atoms with Gasteiger partial charge in [-0.25, -0.2) is 0 Å². The maximum Gasteiger partial charge on any atom is 0.296 e. The molecular weight excluding hydrogens is 248 g/mol. The Morgan fingerprint density at radius 3 is 2.68 bits per heavy atom. The lowest BCUT2D eigenvalue weighted by Crippen LogP contribution is -2.34. The third kappa shape index (κ3) is 2.33. The van der Waals surface area contributed by atoms with Crippen molar-refractivity contribution in [2.45, 2.75) is 33.9 Å². The molecule has 0 aliphatic rings. The number of likely N-dealkylation sites (N-methyl/N-ethyl adjacent to an activating group) is 1. The van der Waals surface area contributed by atoms with Crippen LogP contribution in [0.15, 0.2) is 4.79 Å². The summed E-state index contributed by atoms with van der Waals surface area (Å²) < 4.78 is 2.64. The summed E-state index contributed by atoms with van der Waals surface area (Å²) in [6, 6.07) is 0. The molecule has 0 saturated carbocycles. The summed E-state index contributed by atoms with van der Waals surface area (Å²) in [4.78, 5) is 23.8. The highest BCUT2D eigenvalue weighted by molar-refractivity contribution is 5.77. The number of nitrogens with one attached hydrogen (secondary N) is 1. The lowest BCUT2D eigenvalue weighted by molar-refractivity contribution is -0.121. The average molecular weight is 264 g/mol. The van der Waals surface area contributed by atoms with Crippen LogP contribution in [0, 0.1) is 6.92 Å². The average Bonchev–Trinajstić information content (AvgIpc) is 2.70. The van der Waals surface area contributed by atoms with Gasteiger partial charge in [0.05, 0.1) is 5.69 Å². The highest BCUT2D eigenvalue weighted by Gasteiger charge is 2.15. The number of aromatic nitrogens is 5. The number of hydrogen-bond acceptors (Lipinski definition) is 5. The number of rotatable bonds is 4. The molecular formula is C11H16N6O2. The predicted molar refractivity (Wildman–Crippen MR) is 68.7 cm³/mol. The maximum atomic E-state index is 12.3. The molecule has 2 heterocycles. The Morgan fingerprint density at radius 2 is 2.05 bits per heavy atom. The fraction of sp³-hybridized carbons (Fsp3) is 0.545. The SMILES string of the molecule is CCNC(=O)Cn1nnc2c(C)nn(CC)c2c1=O. The predicted octanol–water partition coefficient (Wildman–Crippen LogP) is -0.548. The fourth-order valence-corrected chi connectivity index (χ4v) is 1.89. The van der Waals surface area contributed by atoms with E-state index in [-0.39, 0.29) is 18.0 Å². The number of hydrogen-bond donors (Lipinski definition) is 1. The van der Waals surface area contributed by atoms with E-state index in [1.165, 1.54) is 0 Å². The van der Waals surface area contributed by atoms with Crippen molar-refractivity contribution in [3.63, 3.8) is 0 Å². The van der Waals surface area contributed by atoms with E-state index in [0.29, 0.717) is 29.8 Å². The van der Waals surface area contributed by atoms with Crippen LogP contribution in [-0.2, 0) is 17.9 Å². The minimum atomic E-state index is -0.348. The van der Waals surface area contributed by atoms with Gasteiger partial charge in [0.15, 0.2) is 5.52 Å². The van der Waals surface area contributed by atoms with Crippen LogP contribution in [0.2, 0.25) is 0 Å². The molecule has 0 saturated heterocycles. The zero-order chi connectivity index (χ0) is 14.0. The van der Waals surface area contributed by atoms with Crippen LogP contribution in [0.1, 0.15) is 19.5 Å². The fourth-order valence-electron chi connectivity index (χ4n) is 1.89. The largest absolute Gasteiger partial charge is 0.355 e. The lowest BCUT2D eigenvalue weighted by atomic mass is 10.4. The van der Waals surface area contributed by atoms with Crippen molar-refractivity contribution in [2.75, 3.05) is 6.54 Å². The van der Waals surface area contributed by atoms with E-state index in [2.05, 4.69) is 20.7 Å². The molecule has 2 rings (SSSR count). The maximum absolute atomic E-state index is 12.3. The van der Waals surface area contributed by atoms with E-state index in [1.807, 2.05) is 13.8 Å². The zero-order valence-corrected chi connectivity index (χ0v) is 11.2. The summed E-state index contributed by atoms with van der Waals surface area (Å²) in [7, 11) is 0. The Kier molecular flexibility index (Phi) is 3.59. The molecule has 0 unspecified atom stereocenters. The Hall–Kier alpha value is -2.25. The molecule has 0 fully saturated rings. The van der Waals surface area contributed by atoms with Crippen LogP contribution >= 0.6 is 0 Å². The second-order valence-electron chi connectivity index (χ2n) is 4.10. The van der Waals surface area contributed by atoms with Gasteiger partial charge in [0, 0.05) is 13.1 Å². The molecule has 2 aromatic heterocycles. The Balaban J connectivity index is 2.51. The van der Waals surface area contributed by atoms with Gasteiger partial charge in [0.1, 0.15) is 12.1 Å². The molecule has 0 aliphatic heterocycles. The number of carbonyl (C=O) groups excluding carboxylic acids is 1. The van der Waals surface area contributed by atoms with Crippen LogP contribution < -0.4 is 10.9 Å². The van der Waals surface area contributed by atoms with E-state index >= 15 is 0 Å². The van der Waals surface area contributed by atoms with Gasteiger partial charge in [-0.2, -0.15) is 9.78 Å². The second-order valence-corrected chi connectivity index (χ2v) is 4.10. The van der Waals surface area contributed by atoms with Gasteiger partial charge in [0.2, 0.25) is 5.91 Å². The van der Waals surface area contributed by atoms with Gasteiger partial charge >= 0.3 is 0 Å². The first kappa shape index (κ1) is 13.2. The molecule has 0 aromatic carbocycles. The molecule has 0 radical (unpaired) electrons. The summed E-state index contributed by atoms with van der Waals surface area (Å²) in [6.07, 6.45) is 0. The van der Waals surface area contributed by atoms with Crippen molar-refractivity contribution in [3.05, 3.63) is 16.0 Å². The van der Waals surface area contributed by atoms with Gasteiger partial charge in [0.25, 0.3) is 5.56 Å². The minimum Gasteiger partial charge on any atom is -0.355 e. The molecule has 0 bridgehead atoms. The van der Waals surface area contributed by atoms with Crippen LogP contribution in [0.25, 0.3) is 11.0 Å². The Bertz CT molecular complexity index is 672. The van der Waals surface area contributed by atoms with E-state index in [4.69, 9.17) is 0 Å². The number of aryl methyl sites for hydroxylation is 2. The lowest BCUT2D eigenvalue weighted by Gasteiger charge is -2.04. The Labute approximate surface area is 109 Å². The van der Waals surface area contributed by atoms with Gasteiger partial charge in [-0.1, -0.05) is 5.21 Å². The molecule has 0 spiro atoms. The van der Waals surface area contributed by atoms with E-state index in [0.717, 1.165) is 4.68 Å². The smallest absolute Gasteiger partial charge is 0.296 e. The molecule has 1 amide bonds. The first-order valence-electron chi connectivity index (χ1n) is 6.16. The van der Waals surface area contributed by atoms with Crippen LogP contribution in [0.5, 0.6) is 0 Å². The summed E-state index contributed by atoms with van der Waals surface area (Å²) in [6.45, 7) is 6.41. The van der Waals surface area contributed by atoms with E-state index in [9.17, 15) is 9.59 Å². The van der Waals surface area contributed by atoms with Crippen LogP contribution in [-0.4, -0.2) is 37.2 Å². The van der Waals surface area contributed by atoms with Gasteiger partial charge in [-0.05, 0) is 20.8 Å². The molecule has 8 nitrogen and oxygen atoms in total. The third-order valence-electron chi connectivity index (χ3n) is 2.75. The first-order chi connectivity index (χ1) is 9.08. The standard InChI is InChI=1S/C11H16N6O2/c1-4-12-8(18)6-17-11(19)10-9(13-15-17)7(3)14-16(10)5-2/h4-6H2,1-3H3,(H,12,18). The van der Waals surface area contributed by atoms with Crippen molar-refractivity contribution < 1.29 is 4.79 Å². The van der Waals surface area contributed by atoms with Gasteiger partial charge in [-0.3, -0.25) is 14.3 Å². The highest BCUT2D eigenvalue weighted by Crippen LogP contribution is 2.09. The molecule has 1 N–H and O–H groups in total. The quantitative estimate of drug-likeness (QED) is 0.799. The Morgan fingerprint density at radius 1 is 1.32 bits per heavy atom. The second kappa shape index (κ2) is 5.17. The summed E-state index contributed by atoms with van der Waals surface area (Å²) in [5.41, 5.74) is 1.18. The molecule has 8 heteroatoms. The molecule has 19 heavy (non-hydrogen) atoms. The molecule has 2 aromatic rings. The van der Waals surface area contributed by atoms with E-state index in [1.54, 1.807) is 11.6 Å². The normalized spacial score (nSPS) is 10.9. The molecule has 0 aliphatic carbocycles. The van der Waals surface area contributed by atoms with Crippen molar-refractivity contribution >= 4 is 16.9 Å².